The maximum Gasteiger partial charge on any atom is 0.131 e. The Morgan fingerprint density at radius 1 is 1.38 bits per heavy atom. The maximum absolute atomic E-state index is 4.12. The number of rotatable bonds is 4. The van der Waals surface area contributed by atoms with Gasteiger partial charge in [0, 0.05) is 6.54 Å². The summed E-state index contributed by atoms with van der Waals surface area (Å²) in [4.78, 5) is 0. The number of nitrogens with one attached hydrogen (secondary N) is 1. The number of hydrogen-bond donors (Lipinski definition) is 1. The summed E-state index contributed by atoms with van der Waals surface area (Å²) in [6.07, 6.45) is 7.58. The minimum Gasteiger partial charge on any atom is -0.310 e. The third-order valence-electron chi connectivity index (χ3n) is 3.67. The van der Waals surface area contributed by atoms with Crippen molar-refractivity contribution in [3.63, 3.8) is 0 Å². The summed E-state index contributed by atoms with van der Waals surface area (Å²) in [6.45, 7) is 4.01. The molecule has 2 aliphatic rings. The lowest BCUT2D eigenvalue weighted by Crippen LogP contribution is -2.25. The zero-order chi connectivity index (χ0) is 11.0. The average molecular weight is 235 g/mol. The van der Waals surface area contributed by atoms with Gasteiger partial charge < -0.3 is 5.32 Å². The lowest BCUT2D eigenvalue weighted by atomic mass is 9.94. The molecule has 0 radical (unpaired) electrons. The zero-order valence-corrected chi connectivity index (χ0v) is 10.3. The predicted octanol–water partition coefficient (Wildman–Crippen LogP) is 2.15. The Morgan fingerprint density at radius 2 is 2.31 bits per heavy atom. The molecule has 0 amide bonds. The van der Waals surface area contributed by atoms with E-state index in [1.54, 1.807) is 11.3 Å². The number of allylic oxidation sites excluding steroid dienone is 2. The van der Waals surface area contributed by atoms with Gasteiger partial charge in [0.15, 0.2) is 0 Å². The molecule has 1 saturated carbocycles. The van der Waals surface area contributed by atoms with Gasteiger partial charge in [0.2, 0.25) is 0 Å². The van der Waals surface area contributed by atoms with Crippen molar-refractivity contribution in [1.82, 2.24) is 15.5 Å². The molecule has 3 atom stereocenters. The SMILES string of the molecule is Cc1nnc(CNCC2CC3C=CC2C3)s1. The van der Waals surface area contributed by atoms with Crippen LogP contribution >= 0.6 is 11.3 Å². The number of hydrogen-bond acceptors (Lipinski definition) is 4. The molecule has 3 nitrogen and oxygen atoms in total. The highest BCUT2D eigenvalue weighted by molar-refractivity contribution is 7.11. The Kier molecular flexibility index (Phi) is 2.77. The standard InChI is InChI=1S/C12H17N3S/c1-8-14-15-12(16-8)7-13-6-11-5-9-2-3-10(11)4-9/h2-3,9-11,13H,4-7H2,1H3. The van der Waals surface area contributed by atoms with Gasteiger partial charge >= 0.3 is 0 Å². The summed E-state index contributed by atoms with van der Waals surface area (Å²) in [5.74, 6) is 2.57. The monoisotopic (exact) mass is 235 g/mol. The molecule has 0 spiro atoms. The fourth-order valence-electron chi connectivity index (χ4n) is 2.90. The van der Waals surface area contributed by atoms with E-state index in [2.05, 4.69) is 27.7 Å². The molecule has 16 heavy (non-hydrogen) atoms. The van der Waals surface area contributed by atoms with Gasteiger partial charge in [-0.1, -0.05) is 12.2 Å². The van der Waals surface area contributed by atoms with Crippen molar-refractivity contribution in [2.24, 2.45) is 17.8 Å². The van der Waals surface area contributed by atoms with Gasteiger partial charge in [-0.2, -0.15) is 0 Å². The third-order valence-corrected chi connectivity index (χ3v) is 4.51. The Morgan fingerprint density at radius 3 is 2.94 bits per heavy atom. The van der Waals surface area contributed by atoms with E-state index in [9.17, 15) is 0 Å². The van der Waals surface area contributed by atoms with Crippen molar-refractivity contribution in [3.8, 4) is 0 Å². The maximum atomic E-state index is 4.12. The van der Waals surface area contributed by atoms with Crippen molar-refractivity contribution in [3.05, 3.63) is 22.2 Å². The summed E-state index contributed by atoms with van der Waals surface area (Å²) < 4.78 is 0. The number of nitrogens with zero attached hydrogens (tertiary/aromatic N) is 2. The van der Waals surface area contributed by atoms with Crippen molar-refractivity contribution in [1.29, 1.82) is 0 Å². The molecule has 2 aliphatic carbocycles. The Hall–Kier alpha value is -0.740. The molecule has 1 heterocycles. The lowest BCUT2D eigenvalue weighted by Gasteiger charge is -2.17. The summed E-state index contributed by atoms with van der Waals surface area (Å²) in [7, 11) is 0. The second kappa shape index (κ2) is 4.26. The normalized spacial score (nSPS) is 31.4. The number of aromatic nitrogens is 2. The minimum atomic E-state index is 0.841. The third kappa shape index (κ3) is 2.04. The van der Waals surface area contributed by atoms with Crippen molar-refractivity contribution in [2.75, 3.05) is 6.54 Å². The van der Waals surface area contributed by atoms with Crippen molar-refractivity contribution in [2.45, 2.75) is 26.3 Å². The smallest absolute Gasteiger partial charge is 0.131 e. The van der Waals surface area contributed by atoms with Crippen LogP contribution in [0.25, 0.3) is 0 Å². The van der Waals surface area contributed by atoms with Gasteiger partial charge in [-0.25, -0.2) is 0 Å². The zero-order valence-electron chi connectivity index (χ0n) is 9.52. The van der Waals surface area contributed by atoms with Crippen LogP contribution in [-0.2, 0) is 6.54 Å². The van der Waals surface area contributed by atoms with Gasteiger partial charge in [0.1, 0.15) is 10.0 Å². The molecule has 0 aromatic carbocycles. The Labute approximate surface area is 100.0 Å². The topological polar surface area (TPSA) is 37.8 Å². The van der Waals surface area contributed by atoms with Crippen LogP contribution in [0.5, 0.6) is 0 Å². The van der Waals surface area contributed by atoms with E-state index in [4.69, 9.17) is 0 Å². The fourth-order valence-corrected chi connectivity index (χ4v) is 3.58. The van der Waals surface area contributed by atoms with E-state index in [0.29, 0.717) is 0 Å². The highest BCUT2D eigenvalue weighted by Crippen LogP contribution is 2.42. The largest absolute Gasteiger partial charge is 0.310 e. The highest BCUT2D eigenvalue weighted by atomic mass is 32.1. The van der Waals surface area contributed by atoms with Gasteiger partial charge in [-0.3, -0.25) is 0 Å². The van der Waals surface area contributed by atoms with Gasteiger partial charge in [-0.05, 0) is 44.1 Å². The molecule has 1 N–H and O–H groups in total. The van der Waals surface area contributed by atoms with Crippen LogP contribution in [0.1, 0.15) is 22.9 Å². The second-order valence-corrected chi connectivity index (χ2v) is 6.15. The first-order valence-electron chi connectivity index (χ1n) is 5.99. The molecular weight excluding hydrogens is 218 g/mol. The Balaban J connectivity index is 1.46. The highest BCUT2D eigenvalue weighted by Gasteiger charge is 2.34. The quantitative estimate of drug-likeness (QED) is 0.813. The number of fused-ring (bicyclic) bond motifs is 2. The first-order valence-corrected chi connectivity index (χ1v) is 6.81. The van der Waals surface area contributed by atoms with E-state index in [-0.39, 0.29) is 0 Å². The number of aryl methyl sites for hydroxylation is 1. The average Bonchev–Trinajstić information content (AvgIpc) is 2.94. The van der Waals surface area contributed by atoms with E-state index in [0.717, 1.165) is 40.9 Å². The molecule has 0 aliphatic heterocycles. The van der Waals surface area contributed by atoms with Crippen LogP contribution in [0, 0.1) is 24.7 Å². The van der Waals surface area contributed by atoms with Gasteiger partial charge in [-0.15, -0.1) is 21.5 Å². The molecule has 3 rings (SSSR count). The van der Waals surface area contributed by atoms with Crippen LogP contribution in [0.3, 0.4) is 0 Å². The molecule has 1 aromatic rings. The van der Waals surface area contributed by atoms with Gasteiger partial charge in [0.05, 0.1) is 0 Å². The van der Waals surface area contributed by atoms with E-state index < -0.39 is 0 Å². The molecule has 86 valence electrons. The molecule has 1 fully saturated rings. The van der Waals surface area contributed by atoms with Crippen LogP contribution in [0.2, 0.25) is 0 Å². The molecular formula is C12H17N3S. The first kappa shape index (κ1) is 10.4. The van der Waals surface area contributed by atoms with E-state index >= 15 is 0 Å². The van der Waals surface area contributed by atoms with Crippen molar-refractivity contribution >= 4 is 11.3 Å². The van der Waals surface area contributed by atoms with Crippen molar-refractivity contribution < 1.29 is 0 Å². The molecule has 1 aromatic heterocycles. The Bertz CT molecular complexity index is 399. The first-order chi connectivity index (χ1) is 7.81. The van der Waals surface area contributed by atoms with Crippen LogP contribution in [0.4, 0.5) is 0 Å². The van der Waals surface area contributed by atoms with E-state index in [1.165, 1.54) is 12.8 Å². The van der Waals surface area contributed by atoms with Crippen LogP contribution < -0.4 is 5.32 Å². The second-order valence-electron chi connectivity index (χ2n) is 4.89. The lowest BCUT2D eigenvalue weighted by molar-refractivity contribution is 0.413. The van der Waals surface area contributed by atoms with Crippen LogP contribution in [0.15, 0.2) is 12.2 Å². The summed E-state index contributed by atoms with van der Waals surface area (Å²) in [5, 5.41) is 13.8. The van der Waals surface area contributed by atoms with E-state index in [1.807, 2.05) is 6.92 Å². The predicted molar refractivity (Wildman–Crippen MR) is 65.2 cm³/mol. The van der Waals surface area contributed by atoms with Crippen LogP contribution in [-0.4, -0.2) is 16.7 Å². The minimum absolute atomic E-state index is 0.841. The molecule has 4 heteroatoms. The summed E-state index contributed by atoms with van der Waals surface area (Å²) in [5.41, 5.74) is 0. The molecule has 0 saturated heterocycles. The fraction of sp³-hybridized carbons (Fsp3) is 0.667. The van der Waals surface area contributed by atoms with Gasteiger partial charge in [0.25, 0.3) is 0 Å². The summed E-state index contributed by atoms with van der Waals surface area (Å²) >= 11 is 1.69. The summed E-state index contributed by atoms with van der Waals surface area (Å²) in [6, 6.07) is 0. The molecule has 3 unspecified atom stereocenters. The molecule has 2 bridgehead atoms.